The topological polar surface area (TPSA) is 35.2 Å². The lowest BCUT2D eigenvalue weighted by Gasteiger charge is -2.16. The van der Waals surface area contributed by atoms with E-state index in [1.807, 2.05) is 13.8 Å². The molecule has 13 heavy (non-hydrogen) atoms. The molecule has 2 heteroatoms. The molecular formula is C11H17NO. The van der Waals surface area contributed by atoms with E-state index in [0.717, 1.165) is 22.6 Å². The summed E-state index contributed by atoms with van der Waals surface area (Å²) >= 11 is 0. The van der Waals surface area contributed by atoms with Crippen LogP contribution in [0.5, 0.6) is 5.75 Å². The van der Waals surface area contributed by atoms with Crippen molar-refractivity contribution in [1.82, 2.24) is 0 Å². The highest BCUT2D eigenvalue weighted by Gasteiger charge is 2.12. The van der Waals surface area contributed by atoms with Gasteiger partial charge in [0.1, 0.15) is 5.75 Å². The quantitative estimate of drug-likeness (QED) is 0.672. The molecule has 0 heterocycles. The lowest BCUT2D eigenvalue weighted by Crippen LogP contribution is -2.02. The Kier molecular flexibility index (Phi) is 2.50. The van der Waals surface area contributed by atoms with Crippen molar-refractivity contribution in [1.29, 1.82) is 0 Å². The molecule has 0 radical (unpaired) electrons. The summed E-state index contributed by atoms with van der Waals surface area (Å²) in [5.41, 5.74) is 11.4. The van der Waals surface area contributed by atoms with Crippen molar-refractivity contribution in [2.45, 2.75) is 27.7 Å². The average molecular weight is 179 g/mol. The fourth-order valence-electron chi connectivity index (χ4n) is 1.64. The van der Waals surface area contributed by atoms with Gasteiger partial charge in [0.25, 0.3) is 0 Å². The van der Waals surface area contributed by atoms with E-state index in [4.69, 9.17) is 10.5 Å². The molecule has 0 bridgehead atoms. The zero-order valence-corrected chi connectivity index (χ0v) is 8.99. The summed E-state index contributed by atoms with van der Waals surface area (Å²) in [6.07, 6.45) is 0. The van der Waals surface area contributed by atoms with E-state index < -0.39 is 0 Å². The Morgan fingerprint density at radius 3 is 1.85 bits per heavy atom. The molecule has 1 aromatic carbocycles. The van der Waals surface area contributed by atoms with Crippen LogP contribution in [0.4, 0.5) is 5.69 Å². The molecule has 0 aromatic heterocycles. The number of rotatable bonds is 1. The van der Waals surface area contributed by atoms with E-state index in [-0.39, 0.29) is 0 Å². The molecule has 0 atom stereocenters. The van der Waals surface area contributed by atoms with Crippen molar-refractivity contribution in [2.75, 3.05) is 12.8 Å². The van der Waals surface area contributed by atoms with E-state index in [1.54, 1.807) is 7.11 Å². The predicted octanol–water partition coefficient (Wildman–Crippen LogP) is 2.51. The summed E-state index contributed by atoms with van der Waals surface area (Å²) in [5, 5.41) is 0. The summed E-state index contributed by atoms with van der Waals surface area (Å²) in [5.74, 6) is 0.917. The second-order valence-corrected chi connectivity index (χ2v) is 3.45. The average Bonchev–Trinajstić information content (AvgIpc) is 2.13. The number of ether oxygens (including phenoxy) is 1. The molecule has 0 saturated carbocycles. The van der Waals surface area contributed by atoms with Gasteiger partial charge in [0.15, 0.2) is 0 Å². The van der Waals surface area contributed by atoms with Gasteiger partial charge >= 0.3 is 0 Å². The highest BCUT2D eigenvalue weighted by molar-refractivity contribution is 5.64. The summed E-state index contributed by atoms with van der Waals surface area (Å²) in [6.45, 7) is 8.17. The maximum Gasteiger partial charge on any atom is 0.127 e. The molecule has 0 aliphatic heterocycles. The number of benzene rings is 1. The molecule has 72 valence electrons. The number of hydrogen-bond donors (Lipinski definition) is 1. The van der Waals surface area contributed by atoms with E-state index >= 15 is 0 Å². The van der Waals surface area contributed by atoms with Gasteiger partial charge in [-0.05, 0) is 44.4 Å². The minimum Gasteiger partial charge on any atom is -0.496 e. The van der Waals surface area contributed by atoms with Crippen LogP contribution in [0.25, 0.3) is 0 Å². The van der Waals surface area contributed by atoms with Gasteiger partial charge in [-0.3, -0.25) is 0 Å². The Balaban J connectivity index is 3.56. The zero-order chi connectivity index (χ0) is 10.2. The Bertz CT molecular complexity index is 313. The van der Waals surface area contributed by atoms with Gasteiger partial charge in [-0.25, -0.2) is 0 Å². The van der Waals surface area contributed by atoms with Crippen molar-refractivity contribution >= 4 is 5.69 Å². The molecule has 0 amide bonds. The molecular weight excluding hydrogens is 162 g/mol. The van der Waals surface area contributed by atoms with Gasteiger partial charge in [-0.15, -0.1) is 0 Å². The molecule has 2 N–H and O–H groups in total. The van der Waals surface area contributed by atoms with Crippen molar-refractivity contribution in [3.05, 3.63) is 22.3 Å². The van der Waals surface area contributed by atoms with Crippen LogP contribution in [0.1, 0.15) is 22.3 Å². The van der Waals surface area contributed by atoms with Gasteiger partial charge in [0.05, 0.1) is 7.11 Å². The van der Waals surface area contributed by atoms with E-state index in [2.05, 4.69) is 13.8 Å². The van der Waals surface area contributed by atoms with Crippen LogP contribution < -0.4 is 10.5 Å². The third kappa shape index (κ3) is 1.37. The maximum absolute atomic E-state index is 5.95. The van der Waals surface area contributed by atoms with Gasteiger partial charge in [0, 0.05) is 11.3 Å². The number of anilines is 1. The number of methoxy groups -OCH3 is 1. The van der Waals surface area contributed by atoms with Crippen LogP contribution in [0.15, 0.2) is 0 Å². The summed E-state index contributed by atoms with van der Waals surface area (Å²) < 4.78 is 5.31. The summed E-state index contributed by atoms with van der Waals surface area (Å²) in [6, 6.07) is 0. The Morgan fingerprint density at radius 2 is 1.38 bits per heavy atom. The predicted molar refractivity (Wildman–Crippen MR) is 56.4 cm³/mol. The van der Waals surface area contributed by atoms with Gasteiger partial charge in [0.2, 0.25) is 0 Å². The highest BCUT2D eigenvalue weighted by atomic mass is 16.5. The minimum absolute atomic E-state index is 0.847. The molecule has 0 unspecified atom stereocenters. The first kappa shape index (κ1) is 9.90. The van der Waals surface area contributed by atoms with Crippen LogP contribution in [0, 0.1) is 27.7 Å². The first-order valence-electron chi connectivity index (χ1n) is 4.40. The third-order valence-electron chi connectivity index (χ3n) is 2.82. The third-order valence-corrected chi connectivity index (χ3v) is 2.82. The Hall–Kier alpha value is -1.18. The monoisotopic (exact) mass is 179 g/mol. The van der Waals surface area contributed by atoms with E-state index in [0.29, 0.717) is 0 Å². The second kappa shape index (κ2) is 3.29. The number of nitrogens with two attached hydrogens (primary N) is 1. The van der Waals surface area contributed by atoms with Crippen molar-refractivity contribution < 1.29 is 4.74 Å². The van der Waals surface area contributed by atoms with Crippen LogP contribution >= 0.6 is 0 Å². The molecule has 1 rings (SSSR count). The lowest BCUT2D eigenvalue weighted by atomic mass is 9.97. The molecule has 2 nitrogen and oxygen atoms in total. The minimum atomic E-state index is 0.847. The molecule has 0 saturated heterocycles. The van der Waals surface area contributed by atoms with Gasteiger partial charge < -0.3 is 10.5 Å². The highest BCUT2D eigenvalue weighted by Crippen LogP contribution is 2.33. The molecule has 0 fully saturated rings. The smallest absolute Gasteiger partial charge is 0.127 e. The second-order valence-electron chi connectivity index (χ2n) is 3.45. The Labute approximate surface area is 79.7 Å². The fourth-order valence-corrected chi connectivity index (χ4v) is 1.64. The largest absolute Gasteiger partial charge is 0.496 e. The lowest BCUT2D eigenvalue weighted by molar-refractivity contribution is 0.408. The Morgan fingerprint density at radius 1 is 0.846 bits per heavy atom. The molecule has 0 aliphatic rings. The molecule has 0 aliphatic carbocycles. The standard InChI is InChI=1S/C11H17NO/c1-6-7(2)10(12)9(4)11(13-5)8(6)3/h12H2,1-5H3. The van der Waals surface area contributed by atoms with Crippen LogP contribution in [0.3, 0.4) is 0 Å². The molecule has 1 aromatic rings. The molecule has 0 spiro atoms. The summed E-state index contributed by atoms with van der Waals surface area (Å²) in [4.78, 5) is 0. The number of hydrogen-bond acceptors (Lipinski definition) is 2. The van der Waals surface area contributed by atoms with E-state index in [9.17, 15) is 0 Å². The summed E-state index contributed by atoms with van der Waals surface area (Å²) in [7, 11) is 1.68. The van der Waals surface area contributed by atoms with Crippen molar-refractivity contribution in [3.63, 3.8) is 0 Å². The van der Waals surface area contributed by atoms with Gasteiger partial charge in [-0.2, -0.15) is 0 Å². The fraction of sp³-hybridized carbons (Fsp3) is 0.455. The van der Waals surface area contributed by atoms with Crippen molar-refractivity contribution in [2.24, 2.45) is 0 Å². The first-order valence-corrected chi connectivity index (χ1v) is 4.40. The van der Waals surface area contributed by atoms with Crippen LogP contribution in [-0.2, 0) is 0 Å². The maximum atomic E-state index is 5.95. The first-order chi connectivity index (χ1) is 6.00. The van der Waals surface area contributed by atoms with Crippen LogP contribution in [0.2, 0.25) is 0 Å². The van der Waals surface area contributed by atoms with E-state index in [1.165, 1.54) is 11.1 Å². The normalized spacial score (nSPS) is 10.2. The van der Waals surface area contributed by atoms with Crippen molar-refractivity contribution in [3.8, 4) is 5.75 Å². The van der Waals surface area contributed by atoms with Gasteiger partial charge in [-0.1, -0.05) is 0 Å². The van der Waals surface area contributed by atoms with Crippen LogP contribution in [-0.4, -0.2) is 7.11 Å². The number of nitrogen functional groups attached to an aromatic ring is 1. The zero-order valence-electron chi connectivity index (χ0n) is 8.99. The SMILES string of the molecule is COc1c(C)c(C)c(C)c(N)c1C.